The predicted octanol–water partition coefficient (Wildman–Crippen LogP) is 4.97. The Labute approximate surface area is 132 Å². The SMILES string of the molecule is CCCOc1ccccc1C(O)c1cccc(Br)c1Cl. The molecule has 1 N–H and O–H groups in total. The van der Waals surface area contributed by atoms with Gasteiger partial charge >= 0.3 is 0 Å². The highest BCUT2D eigenvalue weighted by molar-refractivity contribution is 9.10. The number of hydrogen-bond acceptors (Lipinski definition) is 2. The van der Waals surface area contributed by atoms with Crippen LogP contribution >= 0.6 is 27.5 Å². The van der Waals surface area contributed by atoms with Gasteiger partial charge in [0.25, 0.3) is 0 Å². The van der Waals surface area contributed by atoms with E-state index in [2.05, 4.69) is 15.9 Å². The minimum atomic E-state index is -0.812. The van der Waals surface area contributed by atoms with Crippen LogP contribution in [-0.4, -0.2) is 11.7 Å². The van der Waals surface area contributed by atoms with Crippen LogP contribution in [0.2, 0.25) is 5.02 Å². The molecule has 0 saturated heterocycles. The van der Waals surface area contributed by atoms with Crippen molar-refractivity contribution in [3.8, 4) is 5.75 Å². The molecule has 0 amide bonds. The lowest BCUT2D eigenvalue weighted by Crippen LogP contribution is -2.05. The second-order valence-corrected chi connectivity index (χ2v) is 5.66. The molecule has 0 fully saturated rings. The number of aliphatic hydroxyl groups excluding tert-OH is 1. The highest BCUT2D eigenvalue weighted by atomic mass is 79.9. The summed E-state index contributed by atoms with van der Waals surface area (Å²) >= 11 is 9.62. The molecule has 0 saturated carbocycles. The van der Waals surface area contributed by atoms with Gasteiger partial charge in [-0.25, -0.2) is 0 Å². The third-order valence-corrected chi connectivity index (χ3v) is 4.26. The van der Waals surface area contributed by atoms with Crippen LogP contribution in [0.3, 0.4) is 0 Å². The van der Waals surface area contributed by atoms with Crippen molar-refractivity contribution in [2.45, 2.75) is 19.4 Å². The summed E-state index contributed by atoms with van der Waals surface area (Å²) in [5.41, 5.74) is 1.38. The van der Waals surface area contributed by atoms with E-state index < -0.39 is 6.10 Å². The summed E-state index contributed by atoms with van der Waals surface area (Å²) in [6, 6.07) is 13.0. The lowest BCUT2D eigenvalue weighted by molar-refractivity contribution is 0.210. The lowest BCUT2D eigenvalue weighted by Gasteiger charge is -2.17. The molecule has 0 heterocycles. The van der Waals surface area contributed by atoms with Gasteiger partial charge in [0.2, 0.25) is 0 Å². The van der Waals surface area contributed by atoms with Crippen molar-refractivity contribution >= 4 is 27.5 Å². The van der Waals surface area contributed by atoms with Crippen LogP contribution in [0.4, 0.5) is 0 Å². The number of ether oxygens (including phenoxy) is 1. The third kappa shape index (κ3) is 3.35. The van der Waals surface area contributed by atoms with E-state index in [1.54, 1.807) is 0 Å². The first-order valence-electron chi connectivity index (χ1n) is 6.48. The Hall–Kier alpha value is -1.03. The second-order valence-electron chi connectivity index (χ2n) is 4.43. The van der Waals surface area contributed by atoms with Crippen molar-refractivity contribution in [1.82, 2.24) is 0 Å². The molecule has 1 atom stereocenters. The monoisotopic (exact) mass is 354 g/mol. The Morgan fingerprint density at radius 2 is 1.85 bits per heavy atom. The molecule has 0 aliphatic heterocycles. The van der Waals surface area contributed by atoms with Crippen molar-refractivity contribution in [1.29, 1.82) is 0 Å². The summed E-state index contributed by atoms with van der Waals surface area (Å²) in [7, 11) is 0. The van der Waals surface area contributed by atoms with Crippen molar-refractivity contribution < 1.29 is 9.84 Å². The minimum absolute atomic E-state index is 0.519. The van der Waals surface area contributed by atoms with Gasteiger partial charge in [-0.1, -0.05) is 48.9 Å². The van der Waals surface area contributed by atoms with Crippen LogP contribution in [0.1, 0.15) is 30.6 Å². The van der Waals surface area contributed by atoms with Gasteiger partial charge in [0, 0.05) is 15.6 Å². The fourth-order valence-corrected chi connectivity index (χ4v) is 2.56. The van der Waals surface area contributed by atoms with Gasteiger partial charge in [0.05, 0.1) is 11.6 Å². The van der Waals surface area contributed by atoms with E-state index in [9.17, 15) is 5.11 Å². The van der Waals surface area contributed by atoms with Gasteiger partial charge < -0.3 is 9.84 Å². The fraction of sp³-hybridized carbons (Fsp3) is 0.250. The van der Waals surface area contributed by atoms with Crippen LogP contribution in [-0.2, 0) is 0 Å². The summed E-state index contributed by atoms with van der Waals surface area (Å²) in [6.07, 6.45) is 0.107. The predicted molar refractivity (Wildman–Crippen MR) is 85.4 cm³/mol. The molecule has 106 valence electrons. The highest BCUT2D eigenvalue weighted by Crippen LogP contribution is 2.36. The topological polar surface area (TPSA) is 29.5 Å². The van der Waals surface area contributed by atoms with Gasteiger partial charge in [-0.05, 0) is 34.5 Å². The van der Waals surface area contributed by atoms with E-state index in [4.69, 9.17) is 16.3 Å². The number of benzene rings is 2. The Morgan fingerprint density at radius 1 is 1.15 bits per heavy atom. The Morgan fingerprint density at radius 3 is 2.60 bits per heavy atom. The number of hydrogen-bond donors (Lipinski definition) is 1. The number of rotatable bonds is 5. The van der Waals surface area contributed by atoms with Gasteiger partial charge in [-0.2, -0.15) is 0 Å². The van der Waals surface area contributed by atoms with Gasteiger partial charge in [0.15, 0.2) is 0 Å². The molecule has 1 unspecified atom stereocenters. The molecule has 2 aromatic rings. The summed E-state index contributed by atoms with van der Waals surface area (Å²) in [5.74, 6) is 0.692. The van der Waals surface area contributed by atoms with E-state index in [1.807, 2.05) is 49.4 Å². The van der Waals surface area contributed by atoms with E-state index in [1.165, 1.54) is 0 Å². The van der Waals surface area contributed by atoms with Crippen molar-refractivity contribution in [2.24, 2.45) is 0 Å². The first-order chi connectivity index (χ1) is 9.65. The average molecular weight is 356 g/mol. The fourth-order valence-electron chi connectivity index (χ4n) is 1.95. The number of halogens is 2. The third-order valence-electron chi connectivity index (χ3n) is 2.95. The highest BCUT2D eigenvalue weighted by Gasteiger charge is 2.18. The molecule has 2 rings (SSSR count). The quantitative estimate of drug-likeness (QED) is 0.820. The summed E-state index contributed by atoms with van der Waals surface area (Å²) in [6.45, 7) is 2.67. The van der Waals surface area contributed by atoms with Gasteiger partial charge in [-0.15, -0.1) is 0 Å². The van der Waals surface area contributed by atoms with Crippen LogP contribution in [0.15, 0.2) is 46.9 Å². The molecular weight excluding hydrogens is 340 g/mol. The Bertz CT molecular complexity index is 586. The summed E-state index contributed by atoms with van der Waals surface area (Å²) in [5, 5.41) is 11.1. The molecule has 4 heteroatoms. The standard InChI is InChI=1S/C16H16BrClO2/c1-2-10-20-14-9-4-3-6-11(14)16(19)12-7-5-8-13(17)15(12)18/h3-9,16,19H,2,10H2,1H3. The molecule has 0 aliphatic rings. The van der Waals surface area contributed by atoms with Crippen molar-refractivity contribution in [3.63, 3.8) is 0 Å². The number of para-hydroxylation sites is 1. The Balaban J connectivity index is 2.38. The lowest BCUT2D eigenvalue weighted by atomic mass is 10.0. The first kappa shape index (κ1) is 15.4. The van der Waals surface area contributed by atoms with E-state index in [-0.39, 0.29) is 0 Å². The van der Waals surface area contributed by atoms with Crippen LogP contribution in [0.25, 0.3) is 0 Å². The van der Waals surface area contributed by atoms with Gasteiger partial charge in [0.1, 0.15) is 11.9 Å². The zero-order chi connectivity index (χ0) is 14.5. The molecule has 0 aliphatic carbocycles. The maximum Gasteiger partial charge on any atom is 0.125 e. The minimum Gasteiger partial charge on any atom is -0.493 e. The van der Waals surface area contributed by atoms with Crippen LogP contribution in [0.5, 0.6) is 5.75 Å². The smallest absolute Gasteiger partial charge is 0.125 e. The van der Waals surface area contributed by atoms with Crippen LogP contribution in [0, 0.1) is 0 Å². The molecular formula is C16H16BrClO2. The maximum absolute atomic E-state index is 10.6. The van der Waals surface area contributed by atoms with Crippen molar-refractivity contribution in [3.05, 3.63) is 63.1 Å². The maximum atomic E-state index is 10.6. The zero-order valence-corrected chi connectivity index (χ0v) is 13.5. The largest absolute Gasteiger partial charge is 0.493 e. The average Bonchev–Trinajstić information content (AvgIpc) is 2.47. The van der Waals surface area contributed by atoms with Crippen molar-refractivity contribution in [2.75, 3.05) is 6.61 Å². The Kier molecular flexibility index (Phi) is 5.46. The first-order valence-corrected chi connectivity index (χ1v) is 7.66. The number of aliphatic hydroxyl groups is 1. The molecule has 20 heavy (non-hydrogen) atoms. The normalized spacial score (nSPS) is 12.2. The molecule has 2 nitrogen and oxygen atoms in total. The zero-order valence-electron chi connectivity index (χ0n) is 11.1. The van der Waals surface area contributed by atoms with Crippen LogP contribution < -0.4 is 4.74 Å². The second kappa shape index (κ2) is 7.11. The van der Waals surface area contributed by atoms with E-state index >= 15 is 0 Å². The molecule has 0 radical (unpaired) electrons. The summed E-state index contributed by atoms with van der Waals surface area (Å²) < 4.78 is 6.45. The molecule has 0 aromatic heterocycles. The van der Waals surface area contributed by atoms with Gasteiger partial charge in [-0.3, -0.25) is 0 Å². The molecule has 0 bridgehead atoms. The summed E-state index contributed by atoms with van der Waals surface area (Å²) in [4.78, 5) is 0. The molecule has 2 aromatic carbocycles. The van der Waals surface area contributed by atoms with E-state index in [0.717, 1.165) is 16.5 Å². The van der Waals surface area contributed by atoms with E-state index in [0.29, 0.717) is 22.9 Å². The molecule has 0 spiro atoms.